The Morgan fingerprint density at radius 2 is 1.88 bits per heavy atom. The Morgan fingerprint density at radius 3 is 2.54 bits per heavy atom. The van der Waals surface area contributed by atoms with Crippen molar-refractivity contribution in [1.82, 2.24) is 9.62 Å². The predicted molar refractivity (Wildman–Crippen MR) is 95.8 cm³/mol. The minimum atomic E-state index is -3.91. The SMILES string of the molecule is O=C(Nc1ccc(F)c(S(=O)(=O)NC2CC2)c1)N1CCCC1C1CCC1. The van der Waals surface area contributed by atoms with Crippen molar-refractivity contribution < 1.29 is 17.6 Å². The van der Waals surface area contributed by atoms with Gasteiger partial charge in [-0.3, -0.25) is 0 Å². The number of anilines is 1. The fraction of sp³-hybridized carbons (Fsp3) is 0.611. The van der Waals surface area contributed by atoms with E-state index >= 15 is 0 Å². The Bertz CT molecular complexity index is 806. The number of nitrogens with zero attached hydrogens (tertiary/aromatic N) is 1. The molecular formula is C18H24FN3O3S. The molecule has 3 fully saturated rings. The van der Waals surface area contributed by atoms with E-state index in [1.165, 1.54) is 31.4 Å². The lowest BCUT2D eigenvalue weighted by molar-refractivity contribution is 0.148. The van der Waals surface area contributed by atoms with Gasteiger partial charge < -0.3 is 10.2 Å². The first kappa shape index (κ1) is 17.7. The van der Waals surface area contributed by atoms with Crippen molar-refractivity contribution >= 4 is 21.7 Å². The average molecular weight is 381 g/mol. The van der Waals surface area contributed by atoms with E-state index < -0.39 is 20.7 Å². The van der Waals surface area contributed by atoms with Gasteiger partial charge in [-0.15, -0.1) is 0 Å². The van der Waals surface area contributed by atoms with Crippen LogP contribution in [0.15, 0.2) is 23.1 Å². The summed E-state index contributed by atoms with van der Waals surface area (Å²) < 4.78 is 41.1. The first-order chi connectivity index (χ1) is 12.4. The molecule has 8 heteroatoms. The quantitative estimate of drug-likeness (QED) is 0.823. The third kappa shape index (κ3) is 3.57. The van der Waals surface area contributed by atoms with Crippen LogP contribution >= 0.6 is 0 Å². The number of rotatable bonds is 5. The van der Waals surface area contributed by atoms with Crippen LogP contribution in [0.5, 0.6) is 0 Å². The molecule has 0 radical (unpaired) electrons. The average Bonchev–Trinajstić information content (AvgIpc) is 3.20. The molecule has 1 saturated heterocycles. The second-order valence-electron chi connectivity index (χ2n) is 7.56. The first-order valence-corrected chi connectivity index (χ1v) is 10.8. The number of carbonyl (C=O) groups is 1. The maximum atomic E-state index is 14.1. The Morgan fingerprint density at radius 1 is 1.12 bits per heavy atom. The largest absolute Gasteiger partial charge is 0.322 e. The number of benzene rings is 1. The van der Waals surface area contributed by atoms with Crippen molar-refractivity contribution in [1.29, 1.82) is 0 Å². The maximum absolute atomic E-state index is 14.1. The fourth-order valence-corrected chi connectivity index (χ4v) is 5.23. The zero-order valence-electron chi connectivity index (χ0n) is 14.6. The fourth-order valence-electron chi connectivity index (χ4n) is 3.83. The minimum absolute atomic E-state index is 0.106. The molecule has 2 amide bonds. The predicted octanol–water partition coefficient (Wildman–Crippen LogP) is 3.06. The molecule has 1 unspecified atom stereocenters. The van der Waals surface area contributed by atoms with Crippen molar-refractivity contribution in [3.63, 3.8) is 0 Å². The van der Waals surface area contributed by atoms with Gasteiger partial charge in [0.2, 0.25) is 10.0 Å². The molecule has 0 aromatic heterocycles. The molecule has 1 aromatic rings. The van der Waals surface area contributed by atoms with Crippen molar-refractivity contribution in [2.24, 2.45) is 5.92 Å². The molecule has 2 N–H and O–H groups in total. The van der Waals surface area contributed by atoms with Crippen LogP contribution in [0.3, 0.4) is 0 Å². The van der Waals surface area contributed by atoms with Crippen LogP contribution in [0.2, 0.25) is 0 Å². The Hall–Kier alpha value is -1.67. The van der Waals surface area contributed by atoms with Crippen LogP contribution < -0.4 is 10.0 Å². The summed E-state index contributed by atoms with van der Waals surface area (Å²) in [5, 5.41) is 2.75. The van der Waals surface area contributed by atoms with E-state index in [2.05, 4.69) is 10.0 Å². The highest BCUT2D eigenvalue weighted by Gasteiger charge is 2.37. The van der Waals surface area contributed by atoms with Crippen LogP contribution in [-0.2, 0) is 10.0 Å². The summed E-state index contributed by atoms with van der Waals surface area (Å²) in [6, 6.07) is 3.62. The van der Waals surface area contributed by atoms with Crippen molar-refractivity contribution in [3.05, 3.63) is 24.0 Å². The Balaban J connectivity index is 1.49. The van der Waals surface area contributed by atoms with E-state index in [1.807, 2.05) is 4.90 Å². The lowest BCUT2D eigenvalue weighted by Gasteiger charge is -2.36. The lowest BCUT2D eigenvalue weighted by Crippen LogP contribution is -2.44. The lowest BCUT2D eigenvalue weighted by atomic mass is 9.79. The van der Waals surface area contributed by atoms with Crippen LogP contribution in [0.25, 0.3) is 0 Å². The third-order valence-corrected chi connectivity index (χ3v) is 7.16. The normalized spacial score (nSPS) is 23.7. The molecule has 2 aliphatic carbocycles. The van der Waals surface area contributed by atoms with Crippen LogP contribution in [0.4, 0.5) is 14.9 Å². The molecule has 0 spiro atoms. The van der Waals surface area contributed by atoms with E-state index in [9.17, 15) is 17.6 Å². The summed E-state index contributed by atoms with van der Waals surface area (Å²) in [4.78, 5) is 14.1. The van der Waals surface area contributed by atoms with Gasteiger partial charge in [-0.05, 0) is 62.6 Å². The molecule has 1 aliphatic heterocycles. The van der Waals surface area contributed by atoms with Gasteiger partial charge in [-0.25, -0.2) is 22.3 Å². The number of urea groups is 1. The molecule has 26 heavy (non-hydrogen) atoms. The zero-order valence-corrected chi connectivity index (χ0v) is 15.4. The molecule has 4 rings (SSSR count). The number of carbonyl (C=O) groups excluding carboxylic acids is 1. The zero-order chi connectivity index (χ0) is 18.3. The third-order valence-electron chi connectivity index (χ3n) is 5.63. The molecule has 2 saturated carbocycles. The number of amides is 2. The van der Waals surface area contributed by atoms with Gasteiger partial charge in [0.1, 0.15) is 10.7 Å². The monoisotopic (exact) mass is 381 g/mol. The molecule has 1 heterocycles. The molecule has 6 nitrogen and oxygen atoms in total. The van der Waals surface area contributed by atoms with Crippen LogP contribution in [-0.4, -0.2) is 38.0 Å². The number of halogens is 1. The molecule has 142 valence electrons. The van der Waals surface area contributed by atoms with Gasteiger partial charge in [0, 0.05) is 24.3 Å². The van der Waals surface area contributed by atoms with Crippen LogP contribution in [0.1, 0.15) is 44.9 Å². The van der Waals surface area contributed by atoms with Gasteiger partial charge in [-0.2, -0.15) is 0 Å². The second-order valence-corrected chi connectivity index (χ2v) is 9.25. The summed E-state index contributed by atoms with van der Waals surface area (Å²) in [7, 11) is -3.91. The number of nitrogens with one attached hydrogen (secondary N) is 2. The molecule has 1 aromatic carbocycles. The molecule has 3 aliphatic rings. The standard InChI is InChI=1S/C18H24FN3O3S/c19-15-9-8-14(11-17(15)26(24,25)21-13-6-7-13)20-18(23)22-10-2-5-16(22)12-3-1-4-12/h8-9,11-13,16,21H,1-7,10H2,(H,20,23). The Kier molecular flexibility index (Phi) is 4.64. The topological polar surface area (TPSA) is 78.5 Å². The number of likely N-dealkylation sites (tertiary alicyclic amines) is 1. The summed E-state index contributed by atoms with van der Waals surface area (Å²) in [5.74, 6) is -0.236. The molecule has 1 atom stereocenters. The summed E-state index contributed by atoms with van der Waals surface area (Å²) >= 11 is 0. The van der Waals surface area contributed by atoms with Gasteiger partial charge >= 0.3 is 6.03 Å². The van der Waals surface area contributed by atoms with E-state index in [0.29, 0.717) is 18.2 Å². The van der Waals surface area contributed by atoms with E-state index in [1.54, 1.807) is 0 Å². The summed E-state index contributed by atoms with van der Waals surface area (Å²) in [6.45, 7) is 0.711. The van der Waals surface area contributed by atoms with Gasteiger partial charge in [0.05, 0.1) is 0 Å². The van der Waals surface area contributed by atoms with E-state index in [4.69, 9.17) is 0 Å². The van der Waals surface area contributed by atoms with E-state index in [0.717, 1.165) is 31.7 Å². The highest BCUT2D eigenvalue weighted by molar-refractivity contribution is 7.89. The second kappa shape index (κ2) is 6.81. The van der Waals surface area contributed by atoms with Crippen molar-refractivity contribution in [2.75, 3.05) is 11.9 Å². The highest BCUT2D eigenvalue weighted by Crippen LogP contribution is 2.37. The van der Waals surface area contributed by atoms with Crippen molar-refractivity contribution in [3.8, 4) is 0 Å². The number of sulfonamides is 1. The van der Waals surface area contributed by atoms with Gasteiger partial charge in [-0.1, -0.05) is 6.42 Å². The molecule has 0 bridgehead atoms. The first-order valence-electron chi connectivity index (χ1n) is 9.33. The van der Waals surface area contributed by atoms with Crippen molar-refractivity contribution in [2.45, 2.75) is 61.9 Å². The van der Waals surface area contributed by atoms with Crippen LogP contribution in [0, 0.1) is 11.7 Å². The Labute approximate surface area is 153 Å². The van der Waals surface area contributed by atoms with Gasteiger partial charge in [0.25, 0.3) is 0 Å². The summed E-state index contributed by atoms with van der Waals surface area (Å²) in [6.07, 6.45) is 7.11. The number of hydrogen-bond acceptors (Lipinski definition) is 3. The highest BCUT2D eigenvalue weighted by atomic mass is 32.2. The smallest absolute Gasteiger partial charge is 0.321 e. The molecular weight excluding hydrogens is 357 g/mol. The number of hydrogen-bond donors (Lipinski definition) is 2. The minimum Gasteiger partial charge on any atom is -0.321 e. The summed E-state index contributed by atoms with van der Waals surface area (Å²) in [5.41, 5.74) is 0.298. The van der Waals surface area contributed by atoms with Gasteiger partial charge in [0.15, 0.2) is 0 Å². The maximum Gasteiger partial charge on any atom is 0.322 e. The van der Waals surface area contributed by atoms with E-state index in [-0.39, 0.29) is 18.1 Å².